The SMILES string of the molecule is CC=S(C)CCC(CC)SC(C)CCC(C)C. The first-order valence-electron chi connectivity index (χ1n) is 7.05. The molecular weight excluding hydrogens is 244 g/mol. The van der Waals surface area contributed by atoms with Crippen LogP contribution in [0.2, 0.25) is 0 Å². The zero-order valence-electron chi connectivity index (χ0n) is 12.7. The maximum atomic E-state index is 2.41. The second kappa shape index (κ2) is 10.5. The monoisotopic (exact) mass is 276 g/mol. The number of hydrogen-bond donors (Lipinski definition) is 0. The summed E-state index contributed by atoms with van der Waals surface area (Å²) in [6, 6.07) is 0. The number of thioether (sulfide) groups is 1. The Morgan fingerprint density at radius 3 is 2.24 bits per heavy atom. The van der Waals surface area contributed by atoms with Crippen LogP contribution in [-0.2, 0) is 0 Å². The van der Waals surface area contributed by atoms with E-state index < -0.39 is 0 Å². The van der Waals surface area contributed by atoms with Gasteiger partial charge in [0.1, 0.15) is 0 Å². The van der Waals surface area contributed by atoms with Gasteiger partial charge in [-0.05, 0) is 50.5 Å². The maximum absolute atomic E-state index is 2.41. The molecule has 0 aromatic carbocycles. The van der Waals surface area contributed by atoms with E-state index in [-0.39, 0.29) is 0 Å². The van der Waals surface area contributed by atoms with E-state index in [4.69, 9.17) is 0 Å². The molecule has 3 unspecified atom stereocenters. The summed E-state index contributed by atoms with van der Waals surface area (Å²) in [6.07, 6.45) is 7.86. The molecule has 0 rings (SSSR count). The standard InChI is InChI=1S/C15H32S2/c1-7-15(11-12-17(6)8-2)16-14(5)10-9-13(3)4/h8,13-15H,7,9-12H2,1-6H3. The molecule has 0 bridgehead atoms. The van der Waals surface area contributed by atoms with Crippen LogP contribution in [0.25, 0.3) is 0 Å². The molecule has 0 saturated heterocycles. The van der Waals surface area contributed by atoms with Crippen molar-refractivity contribution in [3.8, 4) is 0 Å². The average Bonchev–Trinajstić information content (AvgIpc) is 2.31. The zero-order chi connectivity index (χ0) is 13.3. The summed E-state index contributed by atoms with van der Waals surface area (Å²) in [5.41, 5.74) is 0. The Morgan fingerprint density at radius 2 is 1.76 bits per heavy atom. The van der Waals surface area contributed by atoms with Crippen molar-refractivity contribution in [1.82, 2.24) is 0 Å². The van der Waals surface area contributed by atoms with Crippen LogP contribution in [0.15, 0.2) is 0 Å². The van der Waals surface area contributed by atoms with Crippen molar-refractivity contribution in [2.75, 3.05) is 12.0 Å². The quantitative estimate of drug-likeness (QED) is 0.506. The van der Waals surface area contributed by atoms with Crippen LogP contribution in [0.5, 0.6) is 0 Å². The summed E-state index contributed by atoms with van der Waals surface area (Å²) in [4.78, 5) is 0. The molecule has 0 saturated carbocycles. The van der Waals surface area contributed by atoms with Crippen molar-refractivity contribution in [3.63, 3.8) is 0 Å². The van der Waals surface area contributed by atoms with Gasteiger partial charge >= 0.3 is 0 Å². The van der Waals surface area contributed by atoms with Crippen LogP contribution in [0, 0.1) is 5.92 Å². The molecule has 0 aliphatic heterocycles. The zero-order valence-corrected chi connectivity index (χ0v) is 14.3. The van der Waals surface area contributed by atoms with E-state index >= 15 is 0 Å². The van der Waals surface area contributed by atoms with Gasteiger partial charge in [-0.25, -0.2) is 0 Å². The second-order valence-electron chi connectivity index (χ2n) is 5.37. The normalized spacial score (nSPS) is 17.4. The predicted octanol–water partition coefficient (Wildman–Crippen LogP) is 5.43. The fourth-order valence-corrected chi connectivity index (χ4v) is 4.19. The smallest absolute Gasteiger partial charge is 0.00547 e. The average molecular weight is 277 g/mol. The Labute approximate surface area is 116 Å². The van der Waals surface area contributed by atoms with Crippen LogP contribution in [0.3, 0.4) is 0 Å². The fraction of sp³-hybridized carbons (Fsp3) is 0.933. The number of hydrogen-bond acceptors (Lipinski definition) is 1. The largest absolute Gasteiger partial charge is 0.193 e. The highest BCUT2D eigenvalue weighted by Crippen LogP contribution is 2.28. The van der Waals surface area contributed by atoms with Gasteiger partial charge in [-0.15, -0.1) is 0 Å². The van der Waals surface area contributed by atoms with Gasteiger partial charge in [0.15, 0.2) is 0 Å². The summed E-state index contributed by atoms with van der Waals surface area (Å²) < 4.78 is 0. The van der Waals surface area contributed by atoms with Crippen LogP contribution < -0.4 is 0 Å². The van der Waals surface area contributed by atoms with Gasteiger partial charge < -0.3 is 0 Å². The van der Waals surface area contributed by atoms with Crippen molar-refractivity contribution in [2.24, 2.45) is 5.92 Å². The molecule has 17 heavy (non-hydrogen) atoms. The molecule has 0 fully saturated rings. The molecule has 3 atom stereocenters. The van der Waals surface area contributed by atoms with Gasteiger partial charge in [-0.3, -0.25) is 0 Å². The highest BCUT2D eigenvalue weighted by atomic mass is 32.2. The van der Waals surface area contributed by atoms with Crippen LogP contribution in [-0.4, -0.2) is 27.9 Å². The van der Waals surface area contributed by atoms with Crippen molar-refractivity contribution >= 4 is 27.6 Å². The maximum Gasteiger partial charge on any atom is 0.00547 e. The minimum atomic E-state index is 0.537. The third-order valence-corrected chi connectivity index (χ3v) is 6.53. The van der Waals surface area contributed by atoms with E-state index in [0.29, 0.717) is 10.5 Å². The van der Waals surface area contributed by atoms with Gasteiger partial charge in [-0.2, -0.15) is 22.2 Å². The van der Waals surface area contributed by atoms with Crippen molar-refractivity contribution in [3.05, 3.63) is 0 Å². The molecule has 0 spiro atoms. The summed E-state index contributed by atoms with van der Waals surface area (Å²) in [5.74, 6) is 2.24. The van der Waals surface area contributed by atoms with Gasteiger partial charge in [0.2, 0.25) is 0 Å². The molecule has 2 heteroatoms. The minimum Gasteiger partial charge on any atom is -0.193 e. The Morgan fingerprint density at radius 1 is 1.12 bits per heavy atom. The van der Waals surface area contributed by atoms with Gasteiger partial charge in [0, 0.05) is 10.5 Å². The molecular formula is C15H32S2. The Balaban J connectivity index is 3.86. The van der Waals surface area contributed by atoms with E-state index in [1.165, 1.54) is 31.4 Å². The van der Waals surface area contributed by atoms with Crippen molar-refractivity contribution < 1.29 is 0 Å². The van der Waals surface area contributed by atoms with Crippen LogP contribution in [0.1, 0.15) is 60.3 Å². The highest BCUT2D eigenvalue weighted by molar-refractivity contribution is 8.14. The summed E-state index contributed by atoms with van der Waals surface area (Å²) in [7, 11) is 0.537. The second-order valence-corrected chi connectivity index (χ2v) is 9.37. The lowest BCUT2D eigenvalue weighted by molar-refractivity contribution is 0.554. The topological polar surface area (TPSA) is 0 Å². The molecule has 0 aliphatic carbocycles. The first kappa shape index (κ1) is 17.6. The summed E-state index contributed by atoms with van der Waals surface area (Å²) in [6.45, 7) is 11.6. The van der Waals surface area contributed by atoms with E-state index in [2.05, 4.69) is 58.0 Å². The van der Waals surface area contributed by atoms with Gasteiger partial charge in [-0.1, -0.05) is 33.1 Å². The fourth-order valence-electron chi connectivity index (χ4n) is 1.77. The molecule has 0 aliphatic rings. The first-order valence-corrected chi connectivity index (χ1v) is 9.86. The molecule has 0 radical (unpaired) electrons. The van der Waals surface area contributed by atoms with Crippen LogP contribution in [0.4, 0.5) is 0 Å². The Bertz CT molecular complexity index is 209. The summed E-state index contributed by atoms with van der Waals surface area (Å²) >= 11 is 2.23. The van der Waals surface area contributed by atoms with Crippen molar-refractivity contribution in [2.45, 2.75) is 70.8 Å². The molecule has 104 valence electrons. The molecule has 0 N–H and O–H groups in total. The van der Waals surface area contributed by atoms with E-state index in [9.17, 15) is 0 Å². The van der Waals surface area contributed by atoms with Gasteiger partial charge in [0.25, 0.3) is 0 Å². The lowest BCUT2D eigenvalue weighted by Gasteiger charge is -2.20. The lowest BCUT2D eigenvalue weighted by Crippen LogP contribution is -2.10. The Hall–Kier alpha value is 0.570. The number of rotatable bonds is 9. The minimum absolute atomic E-state index is 0.537. The van der Waals surface area contributed by atoms with E-state index in [1.54, 1.807) is 0 Å². The first-order chi connectivity index (χ1) is 7.99. The molecule has 0 aromatic rings. The van der Waals surface area contributed by atoms with E-state index in [1.807, 2.05) is 0 Å². The highest BCUT2D eigenvalue weighted by Gasteiger charge is 2.12. The van der Waals surface area contributed by atoms with Crippen LogP contribution >= 0.6 is 22.2 Å². The third-order valence-electron chi connectivity index (χ3n) is 3.19. The molecule has 0 aromatic heterocycles. The van der Waals surface area contributed by atoms with Gasteiger partial charge in [0.05, 0.1) is 0 Å². The molecule has 0 heterocycles. The predicted molar refractivity (Wildman–Crippen MR) is 89.9 cm³/mol. The molecule has 0 nitrogen and oxygen atoms in total. The molecule has 0 amide bonds. The Kier molecular flexibility index (Phi) is 10.8. The summed E-state index contributed by atoms with van der Waals surface area (Å²) in [5, 5.41) is 4.08. The van der Waals surface area contributed by atoms with E-state index in [0.717, 1.165) is 16.4 Å². The third kappa shape index (κ3) is 10.2. The van der Waals surface area contributed by atoms with Crippen molar-refractivity contribution in [1.29, 1.82) is 0 Å². The lowest BCUT2D eigenvalue weighted by atomic mass is 10.1.